The molecule has 32 heavy (non-hydrogen) atoms. The van der Waals surface area contributed by atoms with Crippen LogP contribution in [0.3, 0.4) is 0 Å². The molecule has 158 valence electrons. The monoisotopic (exact) mass is 420 g/mol. The molecule has 0 saturated heterocycles. The van der Waals surface area contributed by atoms with E-state index in [2.05, 4.69) is 74.1 Å². The summed E-state index contributed by atoms with van der Waals surface area (Å²) in [5.41, 5.74) is 8.67. The van der Waals surface area contributed by atoms with Gasteiger partial charge in [-0.3, -0.25) is 0 Å². The van der Waals surface area contributed by atoms with Gasteiger partial charge in [-0.2, -0.15) is 0 Å². The molecule has 0 amide bonds. The molecule has 5 rings (SSSR count). The number of benzene rings is 3. The predicted molar refractivity (Wildman–Crippen MR) is 127 cm³/mol. The Kier molecular flexibility index (Phi) is 4.98. The zero-order valence-corrected chi connectivity index (χ0v) is 18.6. The minimum absolute atomic E-state index is 0.593. The van der Waals surface area contributed by atoms with Gasteiger partial charge in [-0.05, 0) is 75.2 Å². The minimum atomic E-state index is 0.593. The number of hydrogen-bond donors (Lipinski definition) is 0. The van der Waals surface area contributed by atoms with Crippen LogP contribution in [0.2, 0.25) is 0 Å². The van der Waals surface area contributed by atoms with Crippen LogP contribution in [0.25, 0.3) is 45.6 Å². The number of aromatic nitrogens is 2. The van der Waals surface area contributed by atoms with Crippen molar-refractivity contribution in [1.82, 2.24) is 9.97 Å². The molecular formula is C28H24N2O2. The third-order valence-corrected chi connectivity index (χ3v) is 5.71. The second-order valence-corrected chi connectivity index (χ2v) is 8.27. The van der Waals surface area contributed by atoms with Crippen molar-refractivity contribution in [2.45, 2.75) is 27.7 Å². The van der Waals surface area contributed by atoms with Crippen molar-refractivity contribution in [3.05, 3.63) is 95.3 Å². The molecule has 0 N–H and O–H groups in total. The van der Waals surface area contributed by atoms with Gasteiger partial charge in [0, 0.05) is 22.3 Å². The summed E-state index contributed by atoms with van der Waals surface area (Å²) in [7, 11) is 0. The summed E-state index contributed by atoms with van der Waals surface area (Å²) >= 11 is 0. The summed E-state index contributed by atoms with van der Waals surface area (Å²) in [5.74, 6) is 2.74. The van der Waals surface area contributed by atoms with E-state index in [0.717, 1.165) is 44.9 Å². The SMILES string of the molecule is Cc1ccc(C)c(-c2cnc(-c3ccc(-c4ncc(-c5cc(C)ccc5C)o4)cc3)o2)c1. The van der Waals surface area contributed by atoms with Crippen molar-refractivity contribution in [2.24, 2.45) is 0 Å². The van der Waals surface area contributed by atoms with E-state index in [9.17, 15) is 0 Å². The lowest BCUT2D eigenvalue weighted by atomic mass is 10.0. The molecule has 2 heterocycles. The first kappa shape index (κ1) is 20.0. The molecule has 0 unspecified atom stereocenters. The molecule has 0 aliphatic rings. The number of nitrogens with zero attached hydrogens (tertiary/aromatic N) is 2. The Hall–Kier alpha value is -3.92. The molecule has 5 aromatic rings. The number of oxazole rings is 2. The molecule has 0 spiro atoms. The van der Waals surface area contributed by atoms with E-state index in [1.165, 1.54) is 11.1 Å². The molecule has 3 aromatic carbocycles. The fraction of sp³-hybridized carbons (Fsp3) is 0.143. The van der Waals surface area contributed by atoms with E-state index in [0.29, 0.717) is 11.8 Å². The largest absolute Gasteiger partial charge is 0.436 e. The predicted octanol–water partition coefficient (Wildman–Crippen LogP) is 7.56. The molecule has 2 aromatic heterocycles. The first-order valence-electron chi connectivity index (χ1n) is 10.7. The van der Waals surface area contributed by atoms with Crippen LogP contribution in [0.1, 0.15) is 22.3 Å². The maximum absolute atomic E-state index is 6.07. The van der Waals surface area contributed by atoms with Crippen molar-refractivity contribution in [3.63, 3.8) is 0 Å². The molecule has 0 aliphatic carbocycles. The van der Waals surface area contributed by atoms with Gasteiger partial charge in [0.05, 0.1) is 12.4 Å². The third kappa shape index (κ3) is 3.76. The fourth-order valence-corrected chi connectivity index (χ4v) is 3.82. The Bertz CT molecular complexity index is 1300. The fourth-order valence-electron chi connectivity index (χ4n) is 3.82. The van der Waals surface area contributed by atoms with Gasteiger partial charge in [-0.25, -0.2) is 9.97 Å². The van der Waals surface area contributed by atoms with E-state index in [1.54, 1.807) is 12.4 Å². The van der Waals surface area contributed by atoms with Gasteiger partial charge < -0.3 is 8.83 Å². The average Bonchev–Trinajstić information content (AvgIpc) is 3.47. The number of aryl methyl sites for hydroxylation is 4. The lowest BCUT2D eigenvalue weighted by molar-refractivity contribution is 0.586. The molecule has 0 atom stereocenters. The first-order valence-corrected chi connectivity index (χ1v) is 10.7. The van der Waals surface area contributed by atoms with Crippen molar-refractivity contribution < 1.29 is 8.83 Å². The smallest absolute Gasteiger partial charge is 0.226 e. The molecule has 4 heteroatoms. The Labute approximate surface area is 187 Å². The zero-order chi connectivity index (χ0) is 22.2. The minimum Gasteiger partial charge on any atom is -0.436 e. The molecule has 0 radical (unpaired) electrons. The van der Waals surface area contributed by atoms with E-state index >= 15 is 0 Å². The molecule has 0 saturated carbocycles. The van der Waals surface area contributed by atoms with Gasteiger partial charge in [0.25, 0.3) is 0 Å². The Balaban J connectivity index is 1.41. The summed E-state index contributed by atoms with van der Waals surface area (Å²) in [6.45, 7) is 8.31. The van der Waals surface area contributed by atoms with Gasteiger partial charge in [-0.15, -0.1) is 0 Å². The second kappa shape index (κ2) is 7.97. The normalized spacial score (nSPS) is 11.1. The molecule has 0 fully saturated rings. The maximum atomic E-state index is 6.07. The van der Waals surface area contributed by atoms with Crippen molar-refractivity contribution in [2.75, 3.05) is 0 Å². The third-order valence-electron chi connectivity index (χ3n) is 5.71. The highest BCUT2D eigenvalue weighted by atomic mass is 16.4. The quantitative estimate of drug-likeness (QED) is 0.301. The van der Waals surface area contributed by atoms with Crippen LogP contribution in [-0.4, -0.2) is 9.97 Å². The van der Waals surface area contributed by atoms with Gasteiger partial charge in [0.1, 0.15) is 0 Å². The number of rotatable bonds is 4. The number of hydrogen-bond acceptors (Lipinski definition) is 4. The lowest BCUT2D eigenvalue weighted by Gasteiger charge is -2.04. The van der Waals surface area contributed by atoms with E-state index in [-0.39, 0.29) is 0 Å². The van der Waals surface area contributed by atoms with Crippen LogP contribution >= 0.6 is 0 Å². The zero-order valence-electron chi connectivity index (χ0n) is 18.6. The van der Waals surface area contributed by atoms with E-state index in [1.807, 2.05) is 24.3 Å². The Morgan fingerprint density at radius 1 is 0.531 bits per heavy atom. The summed E-state index contributed by atoms with van der Waals surface area (Å²) in [6.07, 6.45) is 3.57. The van der Waals surface area contributed by atoms with Gasteiger partial charge in [0.15, 0.2) is 11.5 Å². The molecule has 0 aliphatic heterocycles. The highest BCUT2D eigenvalue weighted by Gasteiger charge is 2.13. The second-order valence-electron chi connectivity index (χ2n) is 8.27. The highest BCUT2D eigenvalue weighted by molar-refractivity contribution is 5.68. The summed E-state index contributed by atoms with van der Waals surface area (Å²) in [4.78, 5) is 8.98. The van der Waals surface area contributed by atoms with E-state index in [4.69, 9.17) is 8.83 Å². The van der Waals surface area contributed by atoms with Crippen LogP contribution in [0.15, 0.2) is 81.9 Å². The van der Waals surface area contributed by atoms with Crippen LogP contribution in [0.5, 0.6) is 0 Å². The highest BCUT2D eigenvalue weighted by Crippen LogP contribution is 2.32. The molecule has 4 nitrogen and oxygen atoms in total. The summed E-state index contributed by atoms with van der Waals surface area (Å²) in [6, 6.07) is 20.6. The van der Waals surface area contributed by atoms with Crippen molar-refractivity contribution >= 4 is 0 Å². The van der Waals surface area contributed by atoms with Crippen LogP contribution < -0.4 is 0 Å². The van der Waals surface area contributed by atoms with E-state index < -0.39 is 0 Å². The maximum Gasteiger partial charge on any atom is 0.226 e. The Morgan fingerprint density at radius 3 is 1.34 bits per heavy atom. The molecular weight excluding hydrogens is 396 g/mol. The van der Waals surface area contributed by atoms with Crippen LogP contribution in [0, 0.1) is 27.7 Å². The average molecular weight is 421 g/mol. The Morgan fingerprint density at radius 2 is 0.938 bits per heavy atom. The first-order chi connectivity index (χ1) is 15.5. The van der Waals surface area contributed by atoms with Crippen molar-refractivity contribution in [1.29, 1.82) is 0 Å². The molecule has 0 bridgehead atoms. The van der Waals surface area contributed by atoms with Crippen LogP contribution in [0.4, 0.5) is 0 Å². The standard InChI is InChI=1S/C28H24N2O2/c1-17-5-7-19(3)23(13-17)25-15-29-27(31-25)21-9-11-22(12-10-21)28-30-16-26(32-28)24-14-18(2)6-8-20(24)4/h5-16H,1-4H3. The summed E-state index contributed by atoms with van der Waals surface area (Å²) in [5, 5.41) is 0. The van der Waals surface area contributed by atoms with Gasteiger partial charge >= 0.3 is 0 Å². The topological polar surface area (TPSA) is 52.1 Å². The summed E-state index contributed by atoms with van der Waals surface area (Å²) < 4.78 is 12.1. The van der Waals surface area contributed by atoms with Gasteiger partial charge in [0.2, 0.25) is 11.8 Å². The van der Waals surface area contributed by atoms with Gasteiger partial charge in [-0.1, -0.05) is 35.4 Å². The lowest BCUT2D eigenvalue weighted by Crippen LogP contribution is -1.83. The van der Waals surface area contributed by atoms with Crippen molar-refractivity contribution in [3.8, 4) is 45.6 Å². The van der Waals surface area contributed by atoms with Crippen LogP contribution in [-0.2, 0) is 0 Å².